The van der Waals surface area contributed by atoms with Crippen molar-refractivity contribution in [2.24, 2.45) is 0 Å². The quantitative estimate of drug-likeness (QED) is 0.520. The summed E-state index contributed by atoms with van der Waals surface area (Å²) in [6.45, 7) is 3.22. The zero-order valence-corrected chi connectivity index (χ0v) is 13.2. The lowest BCUT2D eigenvalue weighted by atomic mass is 10.3. The number of hydrogen-bond acceptors (Lipinski definition) is 5. The van der Waals surface area contributed by atoms with Gasteiger partial charge in [-0.05, 0) is 43.0 Å². The SMILES string of the molecule is CN(CCCn1ccnc1Cl)CCCn1ccnc1[N+](=O)[O-]. The van der Waals surface area contributed by atoms with Gasteiger partial charge in [0.1, 0.15) is 12.4 Å². The number of nitrogens with zero attached hydrogens (tertiary/aromatic N) is 6. The summed E-state index contributed by atoms with van der Waals surface area (Å²) in [5.74, 6) is -0.0996. The molecule has 8 nitrogen and oxygen atoms in total. The Bertz CT molecular complexity index is 611. The van der Waals surface area contributed by atoms with Crippen LogP contribution in [0.2, 0.25) is 5.28 Å². The first-order valence-electron chi connectivity index (χ1n) is 7.08. The van der Waals surface area contributed by atoms with Crippen LogP contribution < -0.4 is 0 Å². The molecule has 0 atom stereocenters. The average Bonchev–Trinajstić information content (AvgIpc) is 3.08. The van der Waals surface area contributed by atoms with Crippen LogP contribution in [0.4, 0.5) is 5.95 Å². The van der Waals surface area contributed by atoms with Crippen molar-refractivity contribution >= 4 is 17.5 Å². The first kappa shape index (κ1) is 16.4. The Hall–Kier alpha value is -1.93. The molecule has 0 saturated carbocycles. The molecule has 120 valence electrons. The van der Waals surface area contributed by atoms with Gasteiger partial charge in [-0.2, -0.15) is 0 Å². The lowest BCUT2D eigenvalue weighted by Gasteiger charge is -2.16. The van der Waals surface area contributed by atoms with Crippen molar-refractivity contribution in [2.45, 2.75) is 25.9 Å². The fourth-order valence-electron chi connectivity index (χ4n) is 2.26. The maximum absolute atomic E-state index is 10.8. The molecular weight excluding hydrogens is 308 g/mol. The Morgan fingerprint density at radius 1 is 1.18 bits per heavy atom. The molecule has 0 saturated heterocycles. The zero-order chi connectivity index (χ0) is 15.9. The van der Waals surface area contributed by atoms with Gasteiger partial charge in [-0.15, -0.1) is 0 Å². The molecule has 0 aliphatic carbocycles. The van der Waals surface area contributed by atoms with E-state index in [1.165, 1.54) is 6.20 Å². The summed E-state index contributed by atoms with van der Waals surface area (Å²) in [6.07, 6.45) is 8.44. The third kappa shape index (κ3) is 4.54. The summed E-state index contributed by atoms with van der Waals surface area (Å²) in [4.78, 5) is 20.2. The molecule has 2 rings (SSSR count). The number of aryl methyl sites for hydroxylation is 2. The van der Waals surface area contributed by atoms with Gasteiger partial charge in [-0.25, -0.2) is 9.55 Å². The second-order valence-electron chi connectivity index (χ2n) is 5.08. The van der Waals surface area contributed by atoms with Crippen LogP contribution >= 0.6 is 11.6 Å². The molecule has 9 heteroatoms. The predicted octanol–water partition coefficient (Wildman–Crippen LogP) is 2.05. The van der Waals surface area contributed by atoms with Gasteiger partial charge in [-0.1, -0.05) is 4.98 Å². The lowest BCUT2D eigenvalue weighted by molar-refractivity contribution is -0.396. The molecule has 0 amide bonds. The largest absolute Gasteiger partial charge is 0.434 e. The molecule has 2 aromatic heterocycles. The van der Waals surface area contributed by atoms with Crippen LogP contribution in [0.25, 0.3) is 0 Å². The van der Waals surface area contributed by atoms with E-state index in [9.17, 15) is 10.1 Å². The van der Waals surface area contributed by atoms with E-state index in [4.69, 9.17) is 11.6 Å². The van der Waals surface area contributed by atoms with E-state index < -0.39 is 4.92 Å². The highest BCUT2D eigenvalue weighted by Gasteiger charge is 2.13. The van der Waals surface area contributed by atoms with Crippen LogP contribution in [0, 0.1) is 10.1 Å². The van der Waals surface area contributed by atoms with Crippen LogP contribution in [-0.4, -0.2) is 49.1 Å². The van der Waals surface area contributed by atoms with E-state index in [0.29, 0.717) is 11.8 Å². The molecule has 22 heavy (non-hydrogen) atoms. The minimum Gasteiger partial charge on any atom is -0.390 e. The summed E-state index contributed by atoms with van der Waals surface area (Å²) in [5.41, 5.74) is 0. The lowest BCUT2D eigenvalue weighted by Crippen LogP contribution is -2.23. The minimum atomic E-state index is -0.460. The standard InChI is InChI=1S/C13H19ClN6O2/c1-17(6-2-8-18-10-4-15-12(18)14)7-3-9-19-11-5-16-13(19)20(21)22/h4-5,10-11H,2-3,6-9H2,1H3. The molecule has 0 spiro atoms. The van der Waals surface area contributed by atoms with Crippen LogP contribution in [0.15, 0.2) is 24.8 Å². The Morgan fingerprint density at radius 2 is 1.77 bits per heavy atom. The van der Waals surface area contributed by atoms with Gasteiger partial charge in [0.05, 0.1) is 6.54 Å². The van der Waals surface area contributed by atoms with E-state index in [1.807, 2.05) is 17.8 Å². The van der Waals surface area contributed by atoms with Crippen molar-refractivity contribution in [3.8, 4) is 0 Å². The monoisotopic (exact) mass is 326 g/mol. The second-order valence-corrected chi connectivity index (χ2v) is 5.42. The van der Waals surface area contributed by atoms with E-state index in [0.717, 1.165) is 32.5 Å². The Balaban J connectivity index is 1.65. The topological polar surface area (TPSA) is 82.0 Å². The van der Waals surface area contributed by atoms with Crippen LogP contribution in [0.5, 0.6) is 0 Å². The zero-order valence-electron chi connectivity index (χ0n) is 12.4. The molecule has 0 N–H and O–H groups in total. The average molecular weight is 327 g/mol. The second kappa shape index (κ2) is 7.90. The number of halogens is 1. The maximum Gasteiger partial charge on any atom is 0.434 e. The molecule has 2 aromatic rings. The first-order chi connectivity index (χ1) is 10.6. The summed E-state index contributed by atoms with van der Waals surface area (Å²) in [5, 5.41) is 11.3. The van der Waals surface area contributed by atoms with Gasteiger partial charge in [0, 0.05) is 25.5 Å². The number of hydrogen-bond donors (Lipinski definition) is 0. The summed E-state index contributed by atoms with van der Waals surface area (Å²) in [6, 6.07) is 0. The predicted molar refractivity (Wildman–Crippen MR) is 82.8 cm³/mol. The number of aromatic nitrogens is 4. The molecule has 0 unspecified atom stereocenters. The van der Waals surface area contributed by atoms with Gasteiger partial charge in [-0.3, -0.25) is 0 Å². The highest BCUT2D eigenvalue weighted by molar-refractivity contribution is 6.28. The van der Waals surface area contributed by atoms with E-state index in [-0.39, 0.29) is 5.95 Å². The maximum atomic E-state index is 10.8. The highest BCUT2D eigenvalue weighted by atomic mass is 35.5. The third-order valence-electron chi connectivity index (χ3n) is 3.40. The van der Waals surface area contributed by atoms with Crippen LogP contribution in [0.3, 0.4) is 0 Å². The van der Waals surface area contributed by atoms with Crippen molar-refractivity contribution in [3.05, 3.63) is 40.2 Å². The molecule has 0 radical (unpaired) electrons. The highest BCUT2D eigenvalue weighted by Crippen LogP contribution is 2.09. The van der Waals surface area contributed by atoms with Gasteiger partial charge < -0.3 is 19.6 Å². The smallest absolute Gasteiger partial charge is 0.390 e. The summed E-state index contributed by atoms with van der Waals surface area (Å²) < 4.78 is 3.48. The van der Waals surface area contributed by atoms with Crippen LogP contribution in [0.1, 0.15) is 12.8 Å². The van der Waals surface area contributed by atoms with Gasteiger partial charge in [0.15, 0.2) is 0 Å². The molecule has 0 aliphatic rings. The molecule has 0 aromatic carbocycles. The number of nitro groups is 1. The van der Waals surface area contributed by atoms with Crippen molar-refractivity contribution in [2.75, 3.05) is 20.1 Å². The molecule has 0 fully saturated rings. The molecule has 0 bridgehead atoms. The van der Waals surface area contributed by atoms with E-state index >= 15 is 0 Å². The Morgan fingerprint density at radius 3 is 2.36 bits per heavy atom. The number of imidazole rings is 2. The Kier molecular flexibility index (Phi) is 5.91. The van der Waals surface area contributed by atoms with Crippen LogP contribution in [-0.2, 0) is 13.1 Å². The van der Waals surface area contributed by atoms with Crippen molar-refractivity contribution in [3.63, 3.8) is 0 Å². The molecular formula is C13H19ClN6O2. The minimum absolute atomic E-state index is 0.0996. The van der Waals surface area contributed by atoms with E-state index in [1.54, 1.807) is 17.0 Å². The Labute approximate surface area is 133 Å². The van der Waals surface area contributed by atoms with E-state index in [2.05, 4.69) is 14.9 Å². The normalized spacial score (nSPS) is 11.2. The summed E-state index contributed by atoms with van der Waals surface area (Å²) in [7, 11) is 2.04. The van der Waals surface area contributed by atoms with Crippen molar-refractivity contribution in [1.29, 1.82) is 0 Å². The van der Waals surface area contributed by atoms with Gasteiger partial charge >= 0.3 is 5.95 Å². The third-order valence-corrected chi connectivity index (χ3v) is 3.71. The fourth-order valence-corrected chi connectivity index (χ4v) is 2.46. The first-order valence-corrected chi connectivity index (χ1v) is 7.46. The molecule has 2 heterocycles. The van der Waals surface area contributed by atoms with Crippen molar-refractivity contribution in [1.82, 2.24) is 24.0 Å². The van der Waals surface area contributed by atoms with Crippen molar-refractivity contribution < 1.29 is 4.92 Å². The molecule has 0 aliphatic heterocycles. The number of rotatable bonds is 9. The fraction of sp³-hybridized carbons (Fsp3) is 0.538. The van der Waals surface area contributed by atoms with Gasteiger partial charge in [0.2, 0.25) is 5.28 Å². The van der Waals surface area contributed by atoms with Gasteiger partial charge in [0.25, 0.3) is 0 Å². The summed E-state index contributed by atoms with van der Waals surface area (Å²) >= 11 is 5.91.